The van der Waals surface area contributed by atoms with Gasteiger partial charge >= 0.3 is 0 Å². The highest BCUT2D eigenvalue weighted by Gasteiger charge is 2.42. The van der Waals surface area contributed by atoms with E-state index in [4.69, 9.17) is 14.2 Å². The molecule has 140 valence electrons. The van der Waals surface area contributed by atoms with E-state index in [1.54, 1.807) is 25.6 Å². The number of hydrogen-bond acceptors (Lipinski definition) is 7. The Morgan fingerprint density at radius 1 is 1.23 bits per heavy atom. The van der Waals surface area contributed by atoms with Crippen LogP contribution in [0.4, 0.5) is 5.13 Å². The lowest BCUT2D eigenvalue weighted by Crippen LogP contribution is -2.46. The maximum absolute atomic E-state index is 9.23. The maximum atomic E-state index is 9.23. The van der Waals surface area contributed by atoms with Crippen LogP contribution in [0.1, 0.15) is 29.7 Å². The quantitative estimate of drug-likeness (QED) is 0.885. The van der Waals surface area contributed by atoms with Crippen LogP contribution in [0.25, 0.3) is 0 Å². The molecule has 7 heteroatoms. The average Bonchev–Trinajstić information content (AvgIpc) is 3.17. The number of nitrogens with zero attached hydrogens (tertiary/aromatic N) is 2. The minimum Gasteiger partial charge on any atom is -0.493 e. The monoisotopic (exact) mass is 376 g/mol. The van der Waals surface area contributed by atoms with E-state index >= 15 is 0 Å². The van der Waals surface area contributed by atoms with E-state index in [2.05, 4.69) is 22.0 Å². The van der Waals surface area contributed by atoms with Gasteiger partial charge in [-0.1, -0.05) is 0 Å². The molecule has 1 fully saturated rings. The first kappa shape index (κ1) is 17.6. The van der Waals surface area contributed by atoms with Crippen molar-refractivity contribution in [3.63, 3.8) is 0 Å². The van der Waals surface area contributed by atoms with E-state index < -0.39 is 0 Å². The third-order valence-electron chi connectivity index (χ3n) is 5.39. The van der Waals surface area contributed by atoms with Gasteiger partial charge in [0, 0.05) is 18.5 Å². The van der Waals surface area contributed by atoms with E-state index in [1.807, 2.05) is 5.38 Å². The van der Waals surface area contributed by atoms with Crippen LogP contribution >= 0.6 is 11.3 Å². The zero-order valence-electron chi connectivity index (χ0n) is 15.2. The van der Waals surface area contributed by atoms with E-state index in [1.165, 1.54) is 11.1 Å². The summed E-state index contributed by atoms with van der Waals surface area (Å²) in [7, 11) is 3.34. The van der Waals surface area contributed by atoms with Crippen molar-refractivity contribution >= 4 is 16.5 Å². The molecule has 0 atom stereocenters. The summed E-state index contributed by atoms with van der Waals surface area (Å²) < 4.78 is 17.3. The Labute approximate surface area is 157 Å². The zero-order chi connectivity index (χ0) is 18.1. The molecule has 6 nitrogen and oxygen atoms in total. The molecule has 3 heterocycles. The minimum atomic E-state index is -0.263. The predicted octanol–water partition coefficient (Wildman–Crippen LogP) is 2.72. The number of fused-ring (bicyclic) bond motifs is 2. The molecule has 26 heavy (non-hydrogen) atoms. The van der Waals surface area contributed by atoms with Gasteiger partial charge in [0.05, 0.1) is 38.7 Å². The standard InChI is InChI=1S/C19H24N2O4S/c1-23-16-9-13-3-8-25-19(15(13)10-17(16)24-2)4-6-21(7-5-19)18-20-14(11-22)12-26-18/h9-10,12,22H,3-8,11H2,1-2H3. The fourth-order valence-corrected chi connectivity index (χ4v) is 4.84. The number of aromatic nitrogens is 1. The summed E-state index contributed by atoms with van der Waals surface area (Å²) in [4.78, 5) is 6.78. The number of anilines is 1. The maximum Gasteiger partial charge on any atom is 0.185 e. The Hall–Kier alpha value is -1.83. The lowest BCUT2D eigenvalue weighted by Gasteiger charge is -2.45. The number of benzene rings is 1. The first-order valence-electron chi connectivity index (χ1n) is 8.88. The van der Waals surface area contributed by atoms with Crippen LogP contribution < -0.4 is 14.4 Å². The van der Waals surface area contributed by atoms with Gasteiger partial charge in [-0.3, -0.25) is 0 Å². The summed E-state index contributed by atoms with van der Waals surface area (Å²) in [6.45, 7) is 2.49. The van der Waals surface area contributed by atoms with Crippen LogP contribution in [0.5, 0.6) is 11.5 Å². The first-order chi connectivity index (χ1) is 12.7. The Morgan fingerprint density at radius 3 is 2.62 bits per heavy atom. The molecule has 0 saturated carbocycles. The van der Waals surface area contributed by atoms with Gasteiger partial charge in [-0.15, -0.1) is 11.3 Å². The summed E-state index contributed by atoms with van der Waals surface area (Å²) in [6, 6.07) is 4.19. The first-order valence-corrected chi connectivity index (χ1v) is 9.76. The van der Waals surface area contributed by atoms with Crippen molar-refractivity contribution in [2.45, 2.75) is 31.5 Å². The van der Waals surface area contributed by atoms with E-state index in [0.717, 1.165) is 61.3 Å². The Kier molecular flexibility index (Phi) is 4.77. The molecule has 1 aromatic carbocycles. The minimum absolute atomic E-state index is 0.00755. The largest absolute Gasteiger partial charge is 0.493 e. The second-order valence-electron chi connectivity index (χ2n) is 6.72. The van der Waals surface area contributed by atoms with Crippen molar-refractivity contribution < 1.29 is 19.3 Å². The van der Waals surface area contributed by atoms with E-state index in [0.29, 0.717) is 0 Å². The van der Waals surface area contributed by atoms with Gasteiger partial charge in [0.15, 0.2) is 16.6 Å². The van der Waals surface area contributed by atoms with Crippen LogP contribution in [0.2, 0.25) is 0 Å². The summed E-state index contributed by atoms with van der Waals surface area (Å²) in [5.41, 5.74) is 3.00. The summed E-state index contributed by atoms with van der Waals surface area (Å²) in [6.07, 6.45) is 2.71. The Bertz CT molecular complexity index is 784. The molecule has 1 spiro atoms. The molecule has 0 amide bonds. The van der Waals surface area contributed by atoms with Crippen LogP contribution in [0.15, 0.2) is 17.5 Å². The molecule has 0 aliphatic carbocycles. The SMILES string of the molecule is COc1cc2c(cc1OC)C1(CCN(c3nc(CO)cs3)CC1)OCC2. The average molecular weight is 376 g/mol. The number of aliphatic hydroxyl groups excluding tert-OH is 1. The highest BCUT2D eigenvalue weighted by atomic mass is 32.1. The van der Waals surface area contributed by atoms with Crippen LogP contribution in [-0.4, -0.2) is 44.0 Å². The molecule has 2 aliphatic heterocycles. The lowest BCUT2D eigenvalue weighted by atomic mass is 9.79. The molecule has 0 unspecified atom stereocenters. The summed E-state index contributed by atoms with van der Waals surface area (Å²) >= 11 is 1.59. The Morgan fingerprint density at radius 2 is 1.96 bits per heavy atom. The van der Waals surface area contributed by atoms with Gasteiger partial charge in [0.2, 0.25) is 0 Å². The molecule has 0 radical (unpaired) electrons. The number of rotatable bonds is 4. The van der Waals surface area contributed by atoms with Crippen molar-refractivity contribution in [2.75, 3.05) is 38.8 Å². The van der Waals surface area contributed by atoms with Gasteiger partial charge in [-0.25, -0.2) is 4.98 Å². The van der Waals surface area contributed by atoms with Crippen LogP contribution in [0, 0.1) is 0 Å². The predicted molar refractivity (Wildman–Crippen MR) is 100 cm³/mol. The zero-order valence-corrected chi connectivity index (χ0v) is 16.0. The van der Waals surface area contributed by atoms with E-state index in [-0.39, 0.29) is 12.2 Å². The second kappa shape index (κ2) is 7.06. The van der Waals surface area contributed by atoms with Crippen molar-refractivity contribution in [3.8, 4) is 11.5 Å². The van der Waals surface area contributed by atoms with Crippen LogP contribution in [0.3, 0.4) is 0 Å². The van der Waals surface area contributed by atoms with Gasteiger partial charge in [-0.05, 0) is 42.5 Å². The highest BCUT2D eigenvalue weighted by molar-refractivity contribution is 7.13. The number of ether oxygens (including phenoxy) is 3. The molecular formula is C19H24N2O4S. The molecule has 1 aromatic heterocycles. The lowest BCUT2D eigenvalue weighted by molar-refractivity contribution is -0.0768. The normalized spacial score (nSPS) is 18.7. The van der Waals surface area contributed by atoms with Gasteiger partial charge in [0.25, 0.3) is 0 Å². The van der Waals surface area contributed by atoms with Gasteiger partial charge in [0.1, 0.15) is 0 Å². The van der Waals surface area contributed by atoms with Crippen molar-refractivity contribution in [3.05, 3.63) is 34.3 Å². The number of piperidine rings is 1. The van der Waals surface area contributed by atoms with Crippen molar-refractivity contribution in [2.24, 2.45) is 0 Å². The molecule has 2 aliphatic rings. The fraction of sp³-hybridized carbons (Fsp3) is 0.526. The number of hydrogen-bond donors (Lipinski definition) is 1. The third kappa shape index (κ3) is 2.94. The highest BCUT2D eigenvalue weighted by Crippen LogP contribution is 2.45. The molecule has 0 bridgehead atoms. The van der Waals surface area contributed by atoms with Crippen LogP contribution in [-0.2, 0) is 23.4 Å². The number of methoxy groups -OCH3 is 2. The summed E-state index contributed by atoms with van der Waals surface area (Å²) in [5, 5.41) is 12.1. The van der Waals surface area contributed by atoms with Crippen molar-refractivity contribution in [1.82, 2.24) is 4.98 Å². The van der Waals surface area contributed by atoms with Gasteiger partial charge < -0.3 is 24.2 Å². The third-order valence-corrected chi connectivity index (χ3v) is 6.34. The second-order valence-corrected chi connectivity index (χ2v) is 7.56. The molecule has 4 rings (SSSR count). The molecule has 1 N–H and O–H groups in total. The molecular weight excluding hydrogens is 352 g/mol. The fourth-order valence-electron chi connectivity index (χ4n) is 3.97. The Balaban J connectivity index is 1.59. The van der Waals surface area contributed by atoms with Crippen molar-refractivity contribution in [1.29, 1.82) is 0 Å². The number of thiazole rings is 1. The summed E-state index contributed by atoms with van der Waals surface area (Å²) in [5.74, 6) is 1.53. The number of aliphatic hydroxyl groups is 1. The molecule has 2 aromatic rings. The van der Waals surface area contributed by atoms with E-state index in [9.17, 15) is 5.11 Å². The topological polar surface area (TPSA) is 64.1 Å². The van der Waals surface area contributed by atoms with Gasteiger partial charge in [-0.2, -0.15) is 0 Å². The smallest absolute Gasteiger partial charge is 0.185 e. The molecule has 1 saturated heterocycles.